The summed E-state index contributed by atoms with van der Waals surface area (Å²) in [4.78, 5) is 24.7. The molecule has 266 valence electrons. The number of benzene rings is 1. The Labute approximate surface area is 289 Å². The number of unbranched alkanes of at least 4 members (excludes halogenated alkanes) is 2. The first kappa shape index (κ1) is 36.4. The molecule has 1 aromatic heterocycles. The van der Waals surface area contributed by atoms with E-state index in [9.17, 15) is 15.0 Å². The monoisotopic (exact) mass is 677 g/mol. The minimum absolute atomic E-state index is 0.116. The SMILES string of the molecule is C=CCOC12Oc3ccc(OCc4cccc(C)n4)cc3C3C(CCCCO)C(CCCCO)C=C(C(=NOC)CC1N(C)C(=O)OC)C32. The van der Waals surface area contributed by atoms with Crippen LogP contribution in [0.2, 0.25) is 0 Å². The van der Waals surface area contributed by atoms with Crippen LogP contribution in [0.1, 0.15) is 67.8 Å². The molecule has 3 aliphatic rings. The van der Waals surface area contributed by atoms with Crippen LogP contribution in [-0.4, -0.2) is 84.8 Å². The van der Waals surface area contributed by atoms with Gasteiger partial charge in [-0.05, 0) is 80.3 Å². The molecule has 1 fully saturated rings. The molecule has 2 aromatic rings. The topological polar surface area (TPSA) is 132 Å². The van der Waals surface area contributed by atoms with Crippen molar-refractivity contribution in [3.63, 3.8) is 0 Å². The molecule has 0 spiro atoms. The van der Waals surface area contributed by atoms with E-state index in [0.29, 0.717) is 37.4 Å². The number of aliphatic hydroxyl groups is 2. The zero-order valence-electron chi connectivity index (χ0n) is 29.2. The molecule has 2 heterocycles. The van der Waals surface area contributed by atoms with Crippen LogP contribution in [0.25, 0.3) is 0 Å². The summed E-state index contributed by atoms with van der Waals surface area (Å²) < 4.78 is 25.4. The van der Waals surface area contributed by atoms with Crippen LogP contribution in [0.4, 0.5) is 4.79 Å². The lowest BCUT2D eigenvalue weighted by Crippen LogP contribution is -2.69. The van der Waals surface area contributed by atoms with Crippen molar-refractivity contribution in [3.8, 4) is 11.5 Å². The van der Waals surface area contributed by atoms with E-state index < -0.39 is 17.9 Å². The number of aliphatic hydroxyl groups excluding tert-OH is 2. The van der Waals surface area contributed by atoms with E-state index in [0.717, 1.165) is 53.9 Å². The van der Waals surface area contributed by atoms with Crippen molar-refractivity contribution in [1.29, 1.82) is 0 Å². The molecule has 5 rings (SSSR count). The van der Waals surface area contributed by atoms with Crippen LogP contribution < -0.4 is 9.47 Å². The van der Waals surface area contributed by atoms with Crippen LogP contribution >= 0.6 is 0 Å². The van der Waals surface area contributed by atoms with Gasteiger partial charge in [-0.1, -0.05) is 36.2 Å². The number of hydrogen-bond acceptors (Lipinski definition) is 10. The Kier molecular flexibility index (Phi) is 12.4. The number of rotatable bonds is 16. The number of carbonyl (C=O) groups excluding carboxylic acids is 1. The van der Waals surface area contributed by atoms with E-state index >= 15 is 0 Å². The van der Waals surface area contributed by atoms with Crippen molar-refractivity contribution in [1.82, 2.24) is 9.88 Å². The first-order valence-electron chi connectivity index (χ1n) is 17.3. The van der Waals surface area contributed by atoms with E-state index in [1.807, 2.05) is 37.3 Å². The lowest BCUT2D eigenvalue weighted by molar-refractivity contribution is -0.253. The molecule has 11 heteroatoms. The molecule has 0 saturated heterocycles. The van der Waals surface area contributed by atoms with E-state index in [4.69, 9.17) is 23.8 Å². The number of likely N-dealkylation sites (N-methyl/N-ethyl adjacent to an activating group) is 1. The van der Waals surface area contributed by atoms with Crippen LogP contribution in [0.5, 0.6) is 11.5 Å². The fraction of sp³-hybridized carbons (Fsp3) is 0.553. The van der Waals surface area contributed by atoms with Gasteiger partial charge in [0.2, 0.25) is 5.79 Å². The van der Waals surface area contributed by atoms with Crippen LogP contribution in [0, 0.1) is 24.7 Å². The molecule has 1 saturated carbocycles. The number of allylic oxidation sites excluding steroid dienone is 1. The van der Waals surface area contributed by atoms with Gasteiger partial charge in [0.05, 0.1) is 31.0 Å². The number of nitrogens with zero attached hydrogens (tertiary/aromatic N) is 3. The third-order valence-corrected chi connectivity index (χ3v) is 10.1. The molecule has 49 heavy (non-hydrogen) atoms. The number of aryl methyl sites for hydroxylation is 1. The molecule has 0 radical (unpaired) electrons. The predicted octanol–water partition coefficient (Wildman–Crippen LogP) is 5.93. The normalized spacial score (nSPS) is 26.1. The molecular formula is C38H51N3O8. The predicted molar refractivity (Wildman–Crippen MR) is 185 cm³/mol. The molecule has 1 aliphatic heterocycles. The van der Waals surface area contributed by atoms with Crippen molar-refractivity contribution >= 4 is 11.8 Å². The standard InChI is InChI=1S/C38H51N3O8/c1-6-20-48-38-34(41(3)37(44)45-4)23-32(40-46-5)30-21-26(13-7-9-18-42)29(15-8-10-19-43)35(36(30)38)31-22-28(16-17-33(31)49-38)47-24-27-14-11-12-25(2)39-27/h6,11-12,14,16-17,21-22,26,29,34-36,42-43H,1,7-10,13,15,18-20,23-24H2,2-5H3. The van der Waals surface area contributed by atoms with Gasteiger partial charge >= 0.3 is 6.09 Å². The van der Waals surface area contributed by atoms with E-state index in [1.54, 1.807) is 13.1 Å². The van der Waals surface area contributed by atoms with Crippen molar-refractivity contribution in [2.24, 2.45) is 22.9 Å². The Bertz CT molecular complexity index is 1510. The maximum atomic E-state index is 13.2. The number of oxime groups is 1. The van der Waals surface area contributed by atoms with E-state index in [-0.39, 0.29) is 43.5 Å². The number of amides is 1. The summed E-state index contributed by atoms with van der Waals surface area (Å²) in [6.07, 6.45) is 8.59. The van der Waals surface area contributed by atoms with E-state index in [1.165, 1.54) is 19.1 Å². The average molecular weight is 678 g/mol. The lowest BCUT2D eigenvalue weighted by atomic mass is 9.55. The highest BCUT2D eigenvalue weighted by Crippen LogP contribution is 2.61. The van der Waals surface area contributed by atoms with Crippen molar-refractivity contribution in [2.45, 2.75) is 76.2 Å². The van der Waals surface area contributed by atoms with Gasteiger partial charge in [0.1, 0.15) is 31.3 Å². The van der Waals surface area contributed by atoms with Crippen molar-refractivity contribution in [3.05, 3.63) is 77.7 Å². The Morgan fingerprint density at radius 1 is 1.14 bits per heavy atom. The van der Waals surface area contributed by atoms with Crippen LogP contribution in [0.3, 0.4) is 0 Å². The fourth-order valence-electron chi connectivity index (χ4n) is 8.04. The molecule has 6 atom stereocenters. The number of fused-ring (bicyclic) bond motifs is 2. The summed E-state index contributed by atoms with van der Waals surface area (Å²) in [5.74, 6) is -0.228. The van der Waals surface area contributed by atoms with Gasteiger partial charge in [-0.3, -0.25) is 4.98 Å². The molecule has 0 bridgehead atoms. The maximum absolute atomic E-state index is 13.2. The van der Waals surface area contributed by atoms with Gasteiger partial charge in [-0.25, -0.2) is 4.79 Å². The molecule has 6 unspecified atom stereocenters. The second-order valence-electron chi connectivity index (χ2n) is 13.1. The number of carbonyl (C=O) groups is 1. The number of methoxy groups -OCH3 is 1. The van der Waals surface area contributed by atoms with E-state index in [2.05, 4.69) is 28.9 Å². The molecule has 1 amide bonds. The quantitative estimate of drug-likeness (QED) is 0.126. The largest absolute Gasteiger partial charge is 0.487 e. The molecular weight excluding hydrogens is 626 g/mol. The third kappa shape index (κ3) is 7.64. The first-order valence-corrected chi connectivity index (χ1v) is 17.3. The number of aromatic nitrogens is 1. The second-order valence-corrected chi connectivity index (χ2v) is 13.1. The molecule has 2 N–H and O–H groups in total. The third-order valence-electron chi connectivity index (χ3n) is 10.1. The van der Waals surface area contributed by atoms with Crippen molar-refractivity contribution in [2.75, 3.05) is 41.1 Å². The minimum Gasteiger partial charge on any atom is -0.487 e. The van der Waals surface area contributed by atoms with Gasteiger partial charge in [-0.15, -0.1) is 6.58 Å². The highest BCUT2D eigenvalue weighted by Gasteiger charge is 2.65. The lowest BCUT2D eigenvalue weighted by Gasteiger charge is -2.59. The Morgan fingerprint density at radius 3 is 2.61 bits per heavy atom. The van der Waals surface area contributed by atoms with Crippen molar-refractivity contribution < 1.29 is 38.8 Å². The number of pyridine rings is 1. The second kappa shape index (κ2) is 16.7. The number of ether oxygens (including phenoxy) is 4. The van der Waals surface area contributed by atoms with Gasteiger partial charge in [0.25, 0.3) is 0 Å². The smallest absolute Gasteiger partial charge is 0.409 e. The van der Waals surface area contributed by atoms with Crippen LogP contribution in [-0.2, 0) is 20.9 Å². The summed E-state index contributed by atoms with van der Waals surface area (Å²) in [5.41, 5.74) is 4.44. The van der Waals surface area contributed by atoms with Gasteiger partial charge in [-0.2, -0.15) is 0 Å². The van der Waals surface area contributed by atoms with Gasteiger partial charge in [0.15, 0.2) is 0 Å². The Balaban J connectivity index is 1.70. The summed E-state index contributed by atoms with van der Waals surface area (Å²) in [6, 6.07) is 11.1. The first-order chi connectivity index (χ1) is 23.8. The highest BCUT2D eigenvalue weighted by molar-refractivity contribution is 6.02. The summed E-state index contributed by atoms with van der Waals surface area (Å²) in [5, 5.41) is 24.0. The molecule has 11 nitrogen and oxygen atoms in total. The maximum Gasteiger partial charge on any atom is 0.409 e. The van der Waals surface area contributed by atoms with Gasteiger partial charge < -0.3 is 38.9 Å². The minimum atomic E-state index is -1.31. The molecule has 2 aliphatic carbocycles. The number of hydrogen-bond donors (Lipinski definition) is 2. The van der Waals surface area contributed by atoms with Crippen LogP contribution in [0.15, 0.2) is 65.9 Å². The highest BCUT2D eigenvalue weighted by atomic mass is 16.7. The zero-order valence-corrected chi connectivity index (χ0v) is 29.2. The zero-order chi connectivity index (χ0) is 35.0. The summed E-state index contributed by atoms with van der Waals surface area (Å²) in [6.45, 7) is 6.64. The van der Waals surface area contributed by atoms with Gasteiger partial charge in [0, 0.05) is 43.9 Å². The fourth-order valence-corrected chi connectivity index (χ4v) is 8.04. The Hall–Kier alpha value is -3.93. The average Bonchev–Trinajstić information content (AvgIpc) is 3.11. The summed E-state index contributed by atoms with van der Waals surface area (Å²) >= 11 is 0. The Morgan fingerprint density at radius 2 is 1.92 bits per heavy atom. The summed E-state index contributed by atoms with van der Waals surface area (Å²) in [7, 11) is 4.58. The molecule has 1 aromatic carbocycles.